The van der Waals surface area contributed by atoms with Crippen LogP contribution in [0.15, 0.2) is 15.5 Å². The first-order valence-corrected chi connectivity index (χ1v) is 4.28. The lowest BCUT2D eigenvalue weighted by Crippen LogP contribution is -1.92. The van der Waals surface area contributed by atoms with E-state index in [-0.39, 0.29) is 0 Å². The van der Waals surface area contributed by atoms with Crippen LogP contribution in [0.4, 0.5) is 0 Å². The van der Waals surface area contributed by atoms with E-state index in [1.165, 1.54) is 7.05 Å². The zero-order valence-corrected chi connectivity index (χ0v) is 7.55. The molecule has 0 aromatic carbocycles. The SMILES string of the molecule is CN=[S-](=O)c1cnn(C)c1C. The predicted molar refractivity (Wildman–Crippen MR) is 42.6 cm³/mol. The van der Waals surface area contributed by atoms with Gasteiger partial charge in [-0.25, -0.2) is 0 Å². The van der Waals surface area contributed by atoms with E-state index < -0.39 is 10.6 Å². The molecule has 0 atom stereocenters. The fraction of sp³-hybridized carbons (Fsp3) is 0.500. The summed E-state index contributed by atoms with van der Waals surface area (Å²) in [5.74, 6) is 0. The van der Waals surface area contributed by atoms with Crippen molar-refractivity contribution in [1.82, 2.24) is 9.78 Å². The van der Waals surface area contributed by atoms with Crippen LogP contribution in [0.3, 0.4) is 0 Å². The number of hydrogen-bond acceptors (Lipinski definition) is 4. The molecule has 0 aliphatic rings. The van der Waals surface area contributed by atoms with Crippen LogP contribution in [0, 0.1) is 6.92 Å². The molecule has 0 radical (unpaired) electrons. The Morgan fingerprint density at radius 1 is 1.73 bits per heavy atom. The highest BCUT2D eigenvalue weighted by atomic mass is 32.2. The molecule has 5 heteroatoms. The fourth-order valence-electron chi connectivity index (χ4n) is 0.748. The summed E-state index contributed by atoms with van der Waals surface area (Å²) < 4.78 is 16.5. The van der Waals surface area contributed by atoms with Gasteiger partial charge in [-0.15, -0.1) is 0 Å². The molecule has 1 aromatic heterocycles. The van der Waals surface area contributed by atoms with E-state index in [9.17, 15) is 4.21 Å². The lowest BCUT2D eigenvalue weighted by Gasteiger charge is -2.01. The predicted octanol–water partition coefficient (Wildman–Crippen LogP) is 0.865. The molecular weight excluding hydrogens is 162 g/mol. The summed E-state index contributed by atoms with van der Waals surface area (Å²) in [6.07, 6.45) is 1.58. The van der Waals surface area contributed by atoms with E-state index in [1.54, 1.807) is 10.9 Å². The molecule has 0 saturated heterocycles. The minimum atomic E-state index is -1.24. The second-order valence-corrected chi connectivity index (χ2v) is 3.45. The van der Waals surface area contributed by atoms with Gasteiger partial charge >= 0.3 is 0 Å². The third kappa shape index (κ3) is 1.42. The molecule has 0 unspecified atom stereocenters. The van der Waals surface area contributed by atoms with E-state index in [4.69, 9.17) is 0 Å². The van der Waals surface area contributed by atoms with Crippen molar-refractivity contribution in [3.05, 3.63) is 11.9 Å². The minimum absolute atomic E-state index is 0.690. The highest BCUT2D eigenvalue weighted by Crippen LogP contribution is 2.07. The highest BCUT2D eigenvalue weighted by molar-refractivity contribution is 7.74. The average molecular weight is 172 g/mol. The van der Waals surface area contributed by atoms with Crippen LogP contribution in [0.2, 0.25) is 0 Å². The van der Waals surface area contributed by atoms with Gasteiger partial charge < -0.3 is 8.57 Å². The van der Waals surface area contributed by atoms with Crippen LogP contribution >= 0.6 is 0 Å². The van der Waals surface area contributed by atoms with Gasteiger partial charge in [0.2, 0.25) is 0 Å². The summed E-state index contributed by atoms with van der Waals surface area (Å²) in [5.41, 5.74) is 0.897. The lowest BCUT2D eigenvalue weighted by molar-refractivity contribution is 0.599. The van der Waals surface area contributed by atoms with Crippen molar-refractivity contribution in [2.75, 3.05) is 7.05 Å². The van der Waals surface area contributed by atoms with Gasteiger partial charge in [0.15, 0.2) is 0 Å². The van der Waals surface area contributed by atoms with Crippen molar-refractivity contribution in [2.24, 2.45) is 11.4 Å². The van der Waals surface area contributed by atoms with Gasteiger partial charge in [-0.2, -0.15) is 15.7 Å². The summed E-state index contributed by atoms with van der Waals surface area (Å²) >= 11 is 0. The van der Waals surface area contributed by atoms with E-state index in [0.29, 0.717) is 4.90 Å². The molecule has 1 aromatic rings. The third-order valence-electron chi connectivity index (χ3n) is 1.54. The van der Waals surface area contributed by atoms with Gasteiger partial charge in [-0.3, -0.25) is 4.68 Å². The Bertz CT molecular complexity index is 336. The van der Waals surface area contributed by atoms with Gasteiger partial charge in [-0.1, -0.05) is 4.90 Å². The van der Waals surface area contributed by atoms with E-state index in [2.05, 4.69) is 9.46 Å². The Labute approximate surface area is 67.4 Å². The lowest BCUT2D eigenvalue weighted by atomic mass is 10.5. The van der Waals surface area contributed by atoms with Crippen LogP contribution in [-0.4, -0.2) is 16.8 Å². The Morgan fingerprint density at radius 2 is 2.36 bits per heavy atom. The summed E-state index contributed by atoms with van der Waals surface area (Å²) in [4.78, 5) is 0.690. The van der Waals surface area contributed by atoms with Gasteiger partial charge in [-0.05, 0) is 6.92 Å². The first kappa shape index (κ1) is 8.26. The molecule has 0 fully saturated rings. The molecule has 11 heavy (non-hydrogen) atoms. The molecule has 0 N–H and O–H groups in total. The molecule has 0 spiro atoms. The van der Waals surface area contributed by atoms with Crippen molar-refractivity contribution in [2.45, 2.75) is 11.8 Å². The Kier molecular flexibility index (Phi) is 2.28. The first-order chi connectivity index (χ1) is 5.16. The maximum absolute atomic E-state index is 11.1. The largest absolute Gasteiger partial charge is 0.440 e. The normalized spacial score (nSPS) is 13.7. The van der Waals surface area contributed by atoms with Gasteiger partial charge in [0.1, 0.15) is 0 Å². The smallest absolute Gasteiger partial charge is 0.0343 e. The molecule has 62 valence electrons. The maximum atomic E-state index is 11.1. The average Bonchev–Trinajstić information content (AvgIpc) is 2.32. The Hall–Kier alpha value is -0.840. The van der Waals surface area contributed by atoms with Crippen LogP contribution in [-0.2, 0) is 21.9 Å². The van der Waals surface area contributed by atoms with Crippen LogP contribution in [0.1, 0.15) is 5.69 Å². The Morgan fingerprint density at radius 3 is 2.73 bits per heavy atom. The molecule has 1 rings (SSSR count). The van der Waals surface area contributed by atoms with Crippen molar-refractivity contribution < 1.29 is 4.21 Å². The number of aryl methyl sites for hydroxylation is 1. The fourth-order valence-corrected chi connectivity index (χ4v) is 1.47. The molecule has 0 aliphatic heterocycles. The van der Waals surface area contributed by atoms with Gasteiger partial charge in [0.05, 0.1) is 0 Å². The summed E-state index contributed by atoms with van der Waals surface area (Å²) in [6, 6.07) is 0. The highest BCUT2D eigenvalue weighted by Gasteiger charge is 1.94. The molecule has 4 nitrogen and oxygen atoms in total. The standard InChI is InChI=1S/C6H10N3OS/c1-5-6(11(10)7-2)4-8-9(5)3/h4H,1-3H3/q-1. The van der Waals surface area contributed by atoms with Crippen LogP contribution < -0.4 is 0 Å². The van der Waals surface area contributed by atoms with Gasteiger partial charge in [0.25, 0.3) is 0 Å². The summed E-state index contributed by atoms with van der Waals surface area (Å²) in [6.45, 7) is 1.87. The van der Waals surface area contributed by atoms with Crippen molar-refractivity contribution in [3.63, 3.8) is 0 Å². The first-order valence-electron chi connectivity index (χ1n) is 3.17. The number of aromatic nitrogens is 2. The topological polar surface area (TPSA) is 47.2 Å². The maximum Gasteiger partial charge on any atom is 0.0343 e. The number of rotatable bonds is 1. The van der Waals surface area contributed by atoms with E-state index >= 15 is 0 Å². The molecule has 0 saturated carbocycles. The molecule has 0 bridgehead atoms. The van der Waals surface area contributed by atoms with Crippen molar-refractivity contribution >= 4 is 10.6 Å². The second kappa shape index (κ2) is 3.04. The quantitative estimate of drug-likeness (QED) is 0.590. The third-order valence-corrected chi connectivity index (χ3v) is 2.65. The minimum Gasteiger partial charge on any atom is -0.440 e. The van der Waals surface area contributed by atoms with Crippen LogP contribution in [0.25, 0.3) is 0 Å². The summed E-state index contributed by atoms with van der Waals surface area (Å²) in [7, 11) is 2.10. The molecule has 0 aliphatic carbocycles. The summed E-state index contributed by atoms with van der Waals surface area (Å²) in [5, 5.41) is 3.95. The van der Waals surface area contributed by atoms with E-state index in [0.717, 1.165) is 5.69 Å². The van der Waals surface area contributed by atoms with Crippen molar-refractivity contribution in [3.8, 4) is 0 Å². The van der Waals surface area contributed by atoms with Crippen LogP contribution in [0.5, 0.6) is 0 Å². The van der Waals surface area contributed by atoms with E-state index in [1.807, 2.05) is 14.0 Å². The molecular formula is C6H10N3OS-. The second-order valence-electron chi connectivity index (χ2n) is 2.15. The monoisotopic (exact) mass is 172 g/mol. The number of hydrogen-bond donors (Lipinski definition) is 0. The number of nitrogens with zero attached hydrogens (tertiary/aromatic N) is 3. The van der Waals surface area contributed by atoms with Gasteiger partial charge in [0, 0.05) is 26.0 Å². The molecule has 0 amide bonds. The zero-order chi connectivity index (χ0) is 8.43. The van der Waals surface area contributed by atoms with Crippen molar-refractivity contribution in [1.29, 1.82) is 0 Å². The zero-order valence-electron chi connectivity index (χ0n) is 6.74. The Balaban J connectivity index is 3.26. The molecule has 1 heterocycles.